The number of carbonyl (C=O) groups excluding carboxylic acids is 2. The van der Waals surface area contributed by atoms with Crippen LogP contribution in [0.4, 0.5) is 11.4 Å². The van der Waals surface area contributed by atoms with Crippen molar-refractivity contribution in [1.82, 2.24) is 10.2 Å². The van der Waals surface area contributed by atoms with E-state index < -0.39 is 0 Å². The van der Waals surface area contributed by atoms with Gasteiger partial charge < -0.3 is 10.6 Å². The summed E-state index contributed by atoms with van der Waals surface area (Å²) in [6.45, 7) is 6.36. The Labute approximate surface area is 191 Å². The molecule has 1 aromatic heterocycles. The maximum atomic E-state index is 12.9. The first-order valence-corrected chi connectivity index (χ1v) is 10.6. The highest BCUT2D eigenvalue weighted by Crippen LogP contribution is 2.25. The second kappa shape index (κ2) is 8.48. The highest BCUT2D eigenvalue weighted by molar-refractivity contribution is 6.34. The Morgan fingerprint density at radius 1 is 0.906 bits per heavy atom. The topological polar surface area (TPSA) is 86.9 Å². The number of halogens is 1. The van der Waals surface area contributed by atoms with Gasteiger partial charge in [-0.1, -0.05) is 56.6 Å². The Balaban J connectivity index is 1.52. The van der Waals surface area contributed by atoms with E-state index >= 15 is 0 Å². The zero-order valence-electron chi connectivity index (χ0n) is 18.0. The van der Waals surface area contributed by atoms with Crippen LogP contribution in [0, 0.1) is 0 Å². The van der Waals surface area contributed by atoms with Crippen LogP contribution >= 0.6 is 11.6 Å². The number of benzene rings is 3. The molecule has 0 unspecified atom stereocenters. The van der Waals surface area contributed by atoms with Gasteiger partial charge in [0.2, 0.25) is 0 Å². The highest BCUT2D eigenvalue weighted by atomic mass is 35.5. The molecule has 0 saturated heterocycles. The van der Waals surface area contributed by atoms with Crippen LogP contribution in [-0.2, 0) is 5.41 Å². The van der Waals surface area contributed by atoms with Crippen LogP contribution in [-0.4, -0.2) is 22.0 Å². The number of fused-ring (bicyclic) bond motifs is 1. The maximum absolute atomic E-state index is 12.9. The molecule has 1 heterocycles. The third-order valence-electron chi connectivity index (χ3n) is 5.20. The number of hydrogen-bond donors (Lipinski definition) is 3. The number of nitrogens with one attached hydrogen (secondary N) is 3. The first kappa shape index (κ1) is 21.6. The minimum absolute atomic E-state index is 0.00393. The van der Waals surface area contributed by atoms with Crippen molar-refractivity contribution in [2.75, 3.05) is 10.6 Å². The zero-order valence-corrected chi connectivity index (χ0v) is 18.7. The molecule has 2 amide bonds. The number of para-hydroxylation sites is 1. The number of amides is 2. The van der Waals surface area contributed by atoms with Crippen molar-refractivity contribution >= 4 is 45.7 Å². The van der Waals surface area contributed by atoms with Crippen molar-refractivity contribution in [3.05, 3.63) is 88.6 Å². The molecule has 0 saturated carbocycles. The summed E-state index contributed by atoms with van der Waals surface area (Å²) >= 11 is 6.03. The molecule has 7 heteroatoms. The molecule has 0 aliphatic carbocycles. The molecule has 0 spiro atoms. The van der Waals surface area contributed by atoms with Gasteiger partial charge in [0.15, 0.2) is 0 Å². The summed E-state index contributed by atoms with van der Waals surface area (Å²) < 4.78 is 0. The third kappa shape index (κ3) is 4.50. The molecule has 0 aliphatic rings. The molecule has 32 heavy (non-hydrogen) atoms. The molecular weight excluding hydrogens is 424 g/mol. The Hall–Kier alpha value is -3.64. The van der Waals surface area contributed by atoms with Gasteiger partial charge in [0.05, 0.1) is 16.8 Å². The number of anilines is 2. The number of carbonyl (C=O) groups is 2. The molecule has 0 bridgehead atoms. The summed E-state index contributed by atoms with van der Waals surface area (Å²) in [5.41, 5.74) is 3.67. The van der Waals surface area contributed by atoms with Gasteiger partial charge in [-0.2, -0.15) is 5.10 Å². The fraction of sp³-hybridized carbons (Fsp3) is 0.160. The van der Waals surface area contributed by atoms with Crippen LogP contribution < -0.4 is 10.6 Å². The summed E-state index contributed by atoms with van der Waals surface area (Å²) in [5.74, 6) is -0.622. The van der Waals surface area contributed by atoms with Gasteiger partial charge in [0, 0.05) is 16.6 Å². The molecule has 0 fully saturated rings. The summed E-state index contributed by atoms with van der Waals surface area (Å²) in [5, 5.41) is 13.7. The smallest absolute Gasteiger partial charge is 0.257 e. The van der Waals surface area contributed by atoms with Gasteiger partial charge in [-0.3, -0.25) is 14.7 Å². The predicted molar refractivity (Wildman–Crippen MR) is 129 cm³/mol. The first-order chi connectivity index (χ1) is 15.2. The van der Waals surface area contributed by atoms with E-state index in [0.717, 1.165) is 10.9 Å². The fourth-order valence-corrected chi connectivity index (χ4v) is 3.56. The van der Waals surface area contributed by atoms with Crippen LogP contribution in [0.5, 0.6) is 0 Å². The van der Waals surface area contributed by atoms with E-state index in [1.165, 1.54) is 0 Å². The summed E-state index contributed by atoms with van der Waals surface area (Å²) in [4.78, 5) is 25.7. The summed E-state index contributed by atoms with van der Waals surface area (Å²) in [6, 6.07) is 19.6. The number of aromatic nitrogens is 2. The molecule has 3 N–H and O–H groups in total. The van der Waals surface area contributed by atoms with E-state index in [-0.39, 0.29) is 17.2 Å². The SMILES string of the molecule is CC(C)(C)c1ccc(C(=O)Nc2ccccc2C(=O)Nc2ccc3c(Cl)[nH]nc3c2)cc1. The van der Waals surface area contributed by atoms with E-state index in [4.69, 9.17) is 11.6 Å². The Morgan fingerprint density at radius 3 is 2.34 bits per heavy atom. The largest absolute Gasteiger partial charge is 0.322 e. The van der Waals surface area contributed by atoms with Crippen LogP contribution in [0.2, 0.25) is 5.15 Å². The van der Waals surface area contributed by atoms with Crippen LogP contribution in [0.15, 0.2) is 66.7 Å². The molecule has 162 valence electrons. The molecule has 0 radical (unpaired) electrons. The van der Waals surface area contributed by atoms with Crippen molar-refractivity contribution in [2.45, 2.75) is 26.2 Å². The van der Waals surface area contributed by atoms with E-state index in [9.17, 15) is 9.59 Å². The number of rotatable bonds is 4. The van der Waals surface area contributed by atoms with Gasteiger partial charge in [-0.15, -0.1) is 0 Å². The lowest BCUT2D eigenvalue weighted by molar-refractivity contribution is 0.102. The van der Waals surface area contributed by atoms with E-state index in [1.807, 2.05) is 12.1 Å². The van der Waals surface area contributed by atoms with E-state index in [1.54, 1.807) is 54.6 Å². The normalized spacial score (nSPS) is 11.4. The van der Waals surface area contributed by atoms with Crippen LogP contribution in [0.25, 0.3) is 10.9 Å². The molecule has 6 nitrogen and oxygen atoms in total. The number of nitrogens with zero attached hydrogens (tertiary/aromatic N) is 1. The minimum Gasteiger partial charge on any atom is -0.322 e. The van der Waals surface area contributed by atoms with Crippen LogP contribution in [0.3, 0.4) is 0 Å². The van der Waals surface area contributed by atoms with E-state index in [0.29, 0.717) is 33.2 Å². The molecule has 0 aliphatic heterocycles. The number of hydrogen-bond acceptors (Lipinski definition) is 3. The molecule has 3 aromatic carbocycles. The summed E-state index contributed by atoms with van der Waals surface area (Å²) in [6.07, 6.45) is 0. The van der Waals surface area contributed by atoms with Gasteiger partial charge in [0.25, 0.3) is 11.8 Å². The van der Waals surface area contributed by atoms with Crippen molar-refractivity contribution in [3.63, 3.8) is 0 Å². The maximum Gasteiger partial charge on any atom is 0.257 e. The standard InChI is InChI=1S/C25H23ClN4O2/c1-25(2,3)16-10-8-15(9-11-16)23(31)28-20-7-5-4-6-19(20)24(32)27-17-12-13-18-21(14-17)29-30-22(18)26/h4-14H,1-3H3,(H,27,32)(H,28,31)(H,29,30). The lowest BCUT2D eigenvalue weighted by atomic mass is 9.86. The molecule has 0 atom stereocenters. The lowest BCUT2D eigenvalue weighted by Crippen LogP contribution is -2.18. The monoisotopic (exact) mass is 446 g/mol. The van der Waals surface area contributed by atoms with Gasteiger partial charge in [-0.25, -0.2) is 0 Å². The third-order valence-corrected chi connectivity index (χ3v) is 5.49. The predicted octanol–water partition coefficient (Wildman–Crippen LogP) is 6.02. The Kier molecular flexibility index (Phi) is 5.72. The Morgan fingerprint density at radius 2 is 1.62 bits per heavy atom. The van der Waals surface area contributed by atoms with Crippen molar-refractivity contribution in [3.8, 4) is 0 Å². The van der Waals surface area contributed by atoms with Gasteiger partial charge >= 0.3 is 0 Å². The second-order valence-electron chi connectivity index (χ2n) is 8.55. The minimum atomic E-state index is -0.343. The average Bonchev–Trinajstić information content (AvgIpc) is 3.13. The average molecular weight is 447 g/mol. The fourth-order valence-electron chi connectivity index (χ4n) is 3.36. The number of aromatic amines is 1. The Bertz CT molecular complexity index is 1300. The lowest BCUT2D eigenvalue weighted by Gasteiger charge is -2.19. The van der Waals surface area contributed by atoms with Gasteiger partial charge in [0.1, 0.15) is 5.15 Å². The van der Waals surface area contributed by atoms with E-state index in [2.05, 4.69) is 41.6 Å². The molecular formula is C25H23ClN4O2. The van der Waals surface area contributed by atoms with Crippen molar-refractivity contribution in [2.24, 2.45) is 0 Å². The highest BCUT2D eigenvalue weighted by Gasteiger charge is 2.17. The van der Waals surface area contributed by atoms with Crippen LogP contribution in [0.1, 0.15) is 47.1 Å². The van der Waals surface area contributed by atoms with Gasteiger partial charge in [-0.05, 0) is 53.4 Å². The molecule has 4 rings (SSSR count). The first-order valence-electron chi connectivity index (χ1n) is 10.2. The molecule has 4 aromatic rings. The summed E-state index contributed by atoms with van der Waals surface area (Å²) in [7, 11) is 0. The number of H-pyrrole nitrogens is 1. The van der Waals surface area contributed by atoms with Crippen molar-refractivity contribution < 1.29 is 9.59 Å². The van der Waals surface area contributed by atoms with Crippen molar-refractivity contribution in [1.29, 1.82) is 0 Å². The zero-order chi connectivity index (χ0) is 22.9. The quantitative estimate of drug-likeness (QED) is 0.358. The second-order valence-corrected chi connectivity index (χ2v) is 8.93.